The van der Waals surface area contributed by atoms with Crippen molar-refractivity contribution in [2.75, 3.05) is 24.5 Å². The number of methoxy groups -OCH3 is 1. The minimum Gasteiger partial charge on any atom is -0.497 e. The van der Waals surface area contributed by atoms with Gasteiger partial charge in [-0.15, -0.1) is 0 Å². The molecule has 0 saturated carbocycles. The monoisotopic (exact) mass is 611 g/mol. The average Bonchev–Trinajstić information content (AvgIpc) is 2.94. The lowest BCUT2D eigenvalue weighted by molar-refractivity contribution is -0.139. The number of alkyl halides is 3. The third-order valence-electron chi connectivity index (χ3n) is 6.18. The second-order valence-electron chi connectivity index (χ2n) is 8.93. The van der Waals surface area contributed by atoms with Crippen LogP contribution in [0.3, 0.4) is 0 Å². The maximum Gasteiger partial charge on any atom is 0.416 e. The van der Waals surface area contributed by atoms with Gasteiger partial charge in [0, 0.05) is 13.1 Å². The number of anilines is 1. The summed E-state index contributed by atoms with van der Waals surface area (Å²) < 4.78 is 74.0. The Morgan fingerprint density at radius 1 is 1.02 bits per heavy atom. The van der Waals surface area contributed by atoms with Crippen LogP contribution < -0.4 is 14.4 Å². The van der Waals surface area contributed by atoms with E-state index in [9.17, 15) is 31.2 Å². The first-order valence-corrected chi connectivity index (χ1v) is 14.3. The van der Waals surface area contributed by atoms with E-state index >= 15 is 0 Å². The van der Waals surface area contributed by atoms with Crippen molar-refractivity contribution < 1.29 is 35.9 Å². The van der Waals surface area contributed by atoms with Crippen LogP contribution in [-0.4, -0.2) is 51.4 Å². The molecule has 0 heterocycles. The fourth-order valence-electron chi connectivity index (χ4n) is 3.95. The summed E-state index contributed by atoms with van der Waals surface area (Å²) in [5.74, 6) is -0.779. The summed E-state index contributed by atoms with van der Waals surface area (Å²) in [7, 11) is -3.10. The molecule has 0 aromatic heterocycles. The van der Waals surface area contributed by atoms with Gasteiger partial charge >= 0.3 is 6.18 Å². The van der Waals surface area contributed by atoms with E-state index in [-0.39, 0.29) is 23.0 Å². The number of nitrogens with zero attached hydrogens (tertiary/aromatic N) is 2. The van der Waals surface area contributed by atoms with Crippen LogP contribution in [-0.2, 0) is 32.3 Å². The summed E-state index contributed by atoms with van der Waals surface area (Å²) in [5.41, 5.74) is -1.08. The van der Waals surface area contributed by atoms with E-state index in [1.807, 2.05) is 0 Å². The van der Waals surface area contributed by atoms with Gasteiger partial charge in [0.1, 0.15) is 18.3 Å². The molecule has 3 aromatic rings. The third kappa shape index (κ3) is 7.70. The topological polar surface area (TPSA) is 96.0 Å². The zero-order valence-corrected chi connectivity index (χ0v) is 24.1. The van der Waals surface area contributed by atoms with Gasteiger partial charge in [-0.05, 0) is 61.9 Å². The van der Waals surface area contributed by atoms with Crippen molar-refractivity contribution in [1.29, 1.82) is 0 Å². The van der Waals surface area contributed by atoms with E-state index in [1.54, 1.807) is 37.3 Å². The highest BCUT2D eigenvalue weighted by atomic mass is 35.5. The molecule has 2 amide bonds. The number of hydrogen-bond acceptors (Lipinski definition) is 5. The van der Waals surface area contributed by atoms with Crippen LogP contribution in [0.2, 0.25) is 5.02 Å². The molecule has 0 spiro atoms. The smallest absolute Gasteiger partial charge is 0.416 e. The molecule has 3 aromatic carbocycles. The van der Waals surface area contributed by atoms with Crippen LogP contribution in [0.4, 0.5) is 18.9 Å². The number of sulfonamides is 1. The lowest BCUT2D eigenvalue weighted by Crippen LogP contribution is -2.51. The second kappa shape index (κ2) is 13.3. The number of halogens is 4. The number of amides is 2. The Kier molecular flexibility index (Phi) is 10.3. The van der Waals surface area contributed by atoms with Crippen LogP contribution in [0.15, 0.2) is 77.7 Å². The van der Waals surface area contributed by atoms with Crippen molar-refractivity contribution in [2.24, 2.45) is 0 Å². The molecule has 8 nitrogen and oxygen atoms in total. The Morgan fingerprint density at radius 2 is 1.66 bits per heavy atom. The van der Waals surface area contributed by atoms with Gasteiger partial charge in [-0.2, -0.15) is 13.2 Å². The Hall–Kier alpha value is -3.77. The Morgan fingerprint density at radius 3 is 2.22 bits per heavy atom. The minimum absolute atomic E-state index is 0.101. The number of likely N-dealkylation sites (N-methyl/N-ethyl adjacent to an activating group) is 1. The predicted molar refractivity (Wildman–Crippen MR) is 149 cm³/mol. The highest BCUT2D eigenvalue weighted by Gasteiger charge is 2.36. The molecule has 1 N–H and O–H groups in total. The summed E-state index contributed by atoms with van der Waals surface area (Å²) in [6.07, 6.45) is -4.81. The number of nitrogens with one attached hydrogen (secondary N) is 1. The van der Waals surface area contributed by atoms with Crippen molar-refractivity contribution in [1.82, 2.24) is 10.2 Å². The first-order valence-electron chi connectivity index (χ1n) is 12.4. The van der Waals surface area contributed by atoms with Gasteiger partial charge in [-0.3, -0.25) is 13.9 Å². The minimum atomic E-state index is -4.81. The van der Waals surface area contributed by atoms with E-state index < -0.39 is 51.9 Å². The Bertz CT molecular complexity index is 1470. The Labute approximate surface area is 241 Å². The van der Waals surface area contributed by atoms with Crippen LogP contribution in [0.1, 0.15) is 25.0 Å². The van der Waals surface area contributed by atoms with Crippen LogP contribution in [0.25, 0.3) is 0 Å². The number of rotatable bonds is 11. The highest BCUT2D eigenvalue weighted by Crippen LogP contribution is 2.37. The van der Waals surface area contributed by atoms with E-state index in [2.05, 4.69) is 5.32 Å². The van der Waals surface area contributed by atoms with E-state index in [0.717, 1.165) is 11.0 Å². The largest absolute Gasteiger partial charge is 0.497 e. The van der Waals surface area contributed by atoms with Crippen molar-refractivity contribution in [2.45, 2.75) is 37.5 Å². The maximum atomic E-state index is 13.8. The average molecular weight is 612 g/mol. The third-order valence-corrected chi connectivity index (χ3v) is 8.28. The van der Waals surface area contributed by atoms with E-state index in [0.29, 0.717) is 27.8 Å². The molecule has 0 bridgehead atoms. The van der Waals surface area contributed by atoms with Gasteiger partial charge in [-0.25, -0.2) is 8.42 Å². The fraction of sp³-hybridized carbons (Fsp3) is 0.286. The molecule has 1 atom stereocenters. The van der Waals surface area contributed by atoms with Gasteiger partial charge in [-0.1, -0.05) is 41.9 Å². The molecule has 41 heavy (non-hydrogen) atoms. The van der Waals surface area contributed by atoms with Crippen molar-refractivity contribution in [3.8, 4) is 5.75 Å². The molecule has 0 aliphatic heterocycles. The second-order valence-corrected chi connectivity index (χ2v) is 11.2. The first-order chi connectivity index (χ1) is 19.3. The van der Waals surface area contributed by atoms with Crippen LogP contribution >= 0.6 is 11.6 Å². The van der Waals surface area contributed by atoms with Crippen molar-refractivity contribution in [3.63, 3.8) is 0 Å². The molecule has 220 valence electrons. The highest BCUT2D eigenvalue weighted by molar-refractivity contribution is 7.92. The lowest BCUT2D eigenvalue weighted by Gasteiger charge is -2.32. The normalized spacial score (nSPS) is 12.4. The Balaban J connectivity index is 2.11. The van der Waals surface area contributed by atoms with Crippen LogP contribution in [0.5, 0.6) is 5.75 Å². The molecule has 0 aliphatic rings. The summed E-state index contributed by atoms with van der Waals surface area (Å²) >= 11 is 6.24. The molecule has 0 saturated heterocycles. The fourth-order valence-corrected chi connectivity index (χ4v) is 5.66. The van der Waals surface area contributed by atoms with Crippen LogP contribution in [0, 0.1) is 0 Å². The summed E-state index contributed by atoms with van der Waals surface area (Å²) in [6.45, 7) is 2.42. The molecular formula is C28H29ClF3N3O5S. The number of ether oxygens (including phenoxy) is 1. The number of benzene rings is 3. The number of carbonyl (C=O) groups is 2. The van der Waals surface area contributed by atoms with Gasteiger partial charge < -0.3 is 15.0 Å². The number of carbonyl (C=O) groups excluding carboxylic acids is 2. The molecule has 0 radical (unpaired) electrons. The van der Waals surface area contributed by atoms with Crippen molar-refractivity contribution >= 4 is 39.1 Å². The zero-order valence-electron chi connectivity index (χ0n) is 22.5. The molecule has 0 aliphatic carbocycles. The predicted octanol–water partition coefficient (Wildman–Crippen LogP) is 5.12. The molecule has 0 fully saturated rings. The van der Waals surface area contributed by atoms with Gasteiger partial charge in [0.05, 0.1) is 28.3 Å². The first kappa shape index (κ1) is 31.8. The zero-order chi connectivity index (χ0) is 30.4. The van der Waals surface area contributed by atoms with Crippen molar-refractivity contribution in [3.05, 3.63) is 88.9 Å². The SMILES string of the molecule is CCNC(=O)[C@@H](C)N(Cc1ccc(OC)cc1)C(=O)CN(c1cc(C(F)(F)F)ccc1Cl)S(=O)(=O)c1ccccc1. The van der Waals surface area contributed by atoms with Gasteiger partial charge in [0.2, 0.25) is 11.8 Å². The van der Waals surface area contributed by atoms with E-state index in [4.69, 9.17) is 16.3 Å². The van der Waals surface area contributed by atoms with E-state index in [1.165, 1.54) is 38.3 Å². The maximum absolute atomic E-state index is 13.8. The van der Waals surface area contributed by atoms with Gasteiger partial charge in [0.25, 0.3) is 10.0 Å². The van der Waals surface area contributed by atoms with Gasteiger partial charge in [0.15, 0.2) is 0 Å². The summed E-state index contributed by atoms with van der Waals surface area (Å²) in [6, 6.07) is 14.8. The molecule has 0 unspecified atom stereocenters. The standard InChI is InChI=1S/C28H29ClF3N3O5S/c1-4-33-27(37)19(2)34(17-20-10-13-22(40-3)14-11-20)26(36)18-35(41(38,39)23-8-6-5-7-9-23)25-16-21(28(30,31)32)12-15-24(25)29/h5-16,19H,4,17-18H2,1-3H3,(H,33,37)/t19-/m1/s1. The lowest BCUT2D eigenvalue weighted by atomic mass is 10.1. The molecule has 3 rings (SSSR count). The number of hydrogen-bond donors (Lipinski definition) is 1. The summed E-state index contributed by atoms with van der Waals surface area (Å²) in [4.78, 5) is 27.5. The molecule has 13 heteroatoms. The molecular weight excluding hydrogens is 583 g/mol. The summed E-state index contributed by atoms with van der Waals surface area (Å²) in [5, 5.41) is 2.31. The quantitative estimate of drug-likeness (QED) is 0.325.